The molecule has 0 atom stereocenters. The van der Waals surface area contributed by atoms with Crippen LogP contribution in [0.5, 0.6) is 5.75 Å². The smallest absolute Gasteiger partial charge is 0.272 e. The highest BCUT2D eigenvalue weighted by Crippen LogP contribution is 2.40. The fourth-order valence-electron chi connectivity index (χ4n) is 4.38. The number of anilines is 2. The summed E-state index contributed by atoms with van der Waals surface area (Å²) >= 11 is 1.42. The number of nitrogen functional groups attached to an aromatic ring is 1. The number of ether oxygens (including phenoxy) is 1. The summed E-state index contributed by atoms with van der Waals surface area (Å²) in [5.74, 6) is 0.328. The number of hydrogen-bond acceptors (Lipinski definition) is 7. The summed E-state index contributed by atoms with van der Waals surface area (Å²) in [5, 5.41) is 9.36. The minimum atomic E-state index is -0.250. The first-order valence-corrected chi connectivity index (χ1v) is 12.5. The number of rotatable bonds is 7. The Balaban J connectivity index is 1.48. The van der Waals surface area contributed by atoms with Crippen molar-refractivity contribution in [1.82, 2.24) is 14.9 Å². The van der Waals surface area contributed by atoms with Crippen LogP contribution >= 0.6 is 11.3 Å². The minimum Gasteiger partial charge on any atom is -0.495 e. The van der Waals surface area contributed by atoms with Gasteiger partial charge in [0.05, 0.1) is 23.1 Å². The molecular formula is C27H26N6O3S. The first-order chi connectivity index (χ1) is 17.9. The molecule has 0 bridgehead atoms. The first-order valence-electron chi connectivity index (χ1n) is 11.6. The van der Waals surface area contributed by atoms with Gasteiger partial charge in [0.1, 0.15) is 17.3 Å². The van der Waals surface area contributed by atoms with Gasteiger partial charge in [0.25, 0.3) is 11.8 Å². The number of nitrogens with one attached hydrogen (secondary N) is 2. The maximum atomic E-state index is 13.1. The molecule has 6 N–H and O–H groups in total. The summed E-state index contributed by atoms with van der Waals surface area (Å²) in [6.07, 6.45) is 1.48. The van der Waals surface area contributed by atoms with Gasteiger partial charge in [0, 0.05) is 48.2 Å². The third-order valence-electron chi connectivity index (χ3n) is 6.24. The maximum Gasteiger partial charge on any atom is 0.272 e. The number of nitrogens with two attached hydrogens (primary N) is 2. The third-order valence-corrected chi connectivity index (χ3v) is 7.26. The molecule has 2 aromatic carbocycles. The molecule has 188 valence electrons. The second-order valence-corrected chi connectivity index (χ2v) is 9.35. The van der Waals surface area contributed by atoms with E-state index in [0.29, 0.717) is 47.0 Å². The van der Waals surface area contributed by atoms with Crippen molar-refractivity contribution in [2.45, 2.75) is 0 Å². The van der Waals surface area contributed by atoms with Gasteiger partial charge in [-0.15, -0.1) is 11.3 Å². The van der Waals surface area contributed by atoms with Gasteiger partial charge in [-0.25, -0.2) is 4.98 Å². The molecule has 0 spiro atoms. The van der Waals surface area contributed by atoms with Gasteiger partial charge < -0.3 is 31.4 Å². The van der Waals surface area contributed by atoms with E-state index in [1.54, 1.807) is 13.2 Å². The van der Waals surface area contributed by atoms with Gasteiger partial charge in [-0.1, -0.05) is 24.3 Å². The summed E-state index contributed by atoms with van der Waals surface area (Å²) in [5.41, 5.74) is 15.9. The lowest BCUT2D eigenvalue weighted by Crippen LogP contribution is -2.29. The highest BCUT2D eigenvalue weighted by Gasteiger charge is 2.20. The molecule has 5 aromatic rings. The second kappa shape index (κ2) is 9.92. The lowest BCUT2D eigenvalue weighted by atomic mass is 10.0. The van der Waals surface area contributed by atoms with Crippen LogP contribution in [0.25, 0.3) is 32.1 Å². The molecule has 5 rings (SSSR count). The van der Waals surface area contributed by atoms with E-state index < -0.39 is 0 Å². The number of carbonyl (C=O) groups is 2. The number of nitrogens with zero attached hydrogens (tertiary/aromatic N) is 2. The molecule has 2 amide bonds. The van der Waals surface area contributed by atoms with Crippen LogP contribution in [0.2, 0.25) is 0 Å². The van der Waals surface area contributed by atoms with Crippen LogP contribution in [0, 0.1) is 0 Å². The Morgan fingerprint density at radius 2 is 1.95 bits per heavy atom. The van der Waals surface area contributed by atoms with E-state index in [0.717, 1.165) is 26.7 Å². The second-order valence-electron chi connectivity index (χ2n) is 8.47. The molecule has 9 nitrogen and oxygen atoms in total. The van der Waals surface area contributed by atoms with E-state index in [4.69, 9.17) is 16.2 Å². The molecule has 37 heavy (non-hydrogen) atoms. The number of para-hydroxylation sites is 1. The molecular weight excluding hydrogens is 488 g/mol. The summed E-state index contributed by atoms with van der Waals surface area (Å²) in [6, 6.07) is 15.2. The van der Waals surface area contributed by atoms with E-state index in [-0.39, 0.29) is 11.8 Å². The number of fused-ring (bicyclic) bond motifs is 2. The van der Waals surface area contributed by atoms with Crippen molar-refractivity contribution in [3.8, 4) is 16.9 Å². The zero-order valence-corrected chi connectivity index (χ0v) is 21.2. The molecule has 0 saturated carbocycles. The SMILES string of the molecule is COc1cc(-c2csc3c(C(=O)NCCN)cnc(N)c23)ccc1NC(=O)c1cc2ccccc2n1C. The molecule has 3 aromatic heterocycles. The zero-order valence-electron chi connectivity index (χ0n) is 20.4. The first kappa shape index (κ1) is 24.3. The van der Waals surface area contributed by atoms with E-state index in [2.05, 4.69) is 15.6 Å². The molecule has 10 heteroatoms. The predicted octanol–water partition coefficient (Wildman–Crippen LogP) is 3.99. The van der Waals surface area contributed by atoms with E-state index in [9.17, 15) is 9.59 Å². The molecule has 0 aliphatic carbocycles. The van der Waals surface area contributed by atoms with Gasteiger partial charge in [-0.2, -0.15) is 0 Å². The van der Waals surface area contributed by atoms with E-state index in [1.807, 2.05) is 59.5 Å². The van der Waals surface area contributed by atoms with Crippen molar-refractivity contribution in [3.05, 3.63) is 71.4 Å². The predicted molar refractivity (Wildman–Crippen MR) is 148 cm³/mol. The van der Waals surface area contributed by atoms with Gasteiger partial charge in [-0.3, -0.25) is 9.59 Å². The largest absolute Gasteiger partial charge is 0.495 e. The number of amides is 2. The normalized spacial score (nSPS) is 11.1. The lowest BCUT2D eigenvalue weighted by Gasteiger charge is -2.13. The Morgan fingerprint density at radius 3 is 2.70 bits per heavy atom. The number of benzene rings is 2. The number of carbonyl (C=O) groups excluding carboxylic acids is 2. The number of thiophene rings is 1. The number of hydrogen-bond donors (Lipinski definition) is 4. The minimum absolute atomic E-state index is 0.243. The van der Waals surface area contributed by atoms with Crippen LogP contribution in [0.15, 0.2) is 60.1 Å². The van der Waals surface area contributed by atoms with Crippen molar-refractivity contribution < 1.29 is 14.3 Å². The van der Waals surface area contributed by atoms with Crippen LogP contribution in [-0.2, 0) is 7.05 Å². The summed E-state index contributed by atoms with van der Waals surface area (Å²) in [6.45, 7) is 0.711. The third kappa shape index (κ3) is 4.37. The molecule has 0 aliphatic rings. The topological polar surface area (TPSA) is 137 Å². The van der Waals surface area contributed by atoms with Gasteiger partial charge in [-0.05, 0) is 35.2 Å². The van der Waals surface area contributed by atoms with Crippen LogP contribution in [-0.4, -0.2) is 41.6 Å². The maximum absolute atomic E-state index is 13.1. The number of methoxy groups -OCH3 is 1. The van der Waals surface area contributed by atoms with E-state index in [1.165, 1.54) is 17.5 Å². The summed E-state index contributed by atoms with van der Waals surface area (Å²) in [4.78, 5) is 30.0. The Morgan fingerprint density at radius 1 is 1.14 bits per heavy atom. The highest BCUT2D eigenvalue weighted by molar-refractivity contribution is 7.18. The van der Waals surface area contributed by atoms with Gasteiger partial charge in [0.15, 0.2) is 0 Å². The average molecular weight is 515 g/mol. The molecule has 0 fully saturated rings. The standard InChI is InChI=1S/C27H26N6O3S/c1-33-20-6-4-3-5-16(20)11-21(33)27(35)32-19-8-7-15(12-22(19)36-2)18-14-37-24-17(26(34)30-10-9-28)13-31-25(29)23(18)24/h3-8,11-14H,9-10,28H2,1-2H3,(H2,29,31)(H,30,34)(H,32,35). The quantitative estimate of drug-likeness (QED) is 0.259. The lowest BCUT2D eigenvalue weighted by molar-refractivity contribution is 0.0955. The van der Waals surface area contributed by atoms with Crippen molar-refractivity contribution in [3.63, 3.8) is 0 Å². The summed E-state index contributed by atoms with van der Waals surface area (Å²) in [7, 11) is 3.41. The molecule has 0 saturated heterocycles. The van der Waals surface area contributed by atoms with E-state index >= 15 is 0 Å². The van der Waals surface area contributed by atoms with Gasteiger partial charge in [0.2, 0.25) is 0 Å². The molecule has 0 radical (unpaired) electrons. The summed E-state index contributed by atoms with van der Waals surface area (Å²) < 4.78 is 8.22. The van der Waals surface area contributed by atoms with Crippen LogP contribution < -0.4 is 26.8 Å². The molecule has 3 heterocycles. The monoisotopic (exact) mass is 514 g/mol. The fourth-order valence-corrected chi connectivity index (χ4v) is 5.47. The molecule has 0 aliphatic heterocycles. The fraction of sp³-hybridized carbons (Fsp3) is 0.148. The van der Waals surface area contributed by atoms with Crippen molar-refractivity contribution in [2.24, 2.45) is 12.8 Å². The number of aryl methyl sites for hydroxylation is 1. The van der Waals surface area contributed by atoms with Crippen molar-refractivity contribution in [2.75, 3.05) is 31.2 Å². The number of pyridine rings is 1. The highest BCUT2D eigenvalue weighted by atomic mass is 32.1. The van der Waals surface area contributed by atoms with Gasteiger partial charge >= 0.3 is 0 Å². The van der Waals surface area contributed by atoms with Crippen LogP contribution in [0.3, 0.4) is 0 Å². The average Bonchev–Trinajstić information content (AvgIpc) is 3.50. The zero-order chi connectivity index (χ0) is 26.1. The Hall–Kier alpha value is -4.41. The number of aromatic nitrogens is 2. The van der Waals surface area contributed by atoms with Crippen LogP contribution in [0.1, 0.15) is 20.8 Å². The van der Waals surface area contributed by atoms with Crippen LogP contribution in [0.4, 0.5) is 11.5 Å². The Bertz CT molecular complexity index is 1660. The Kier molecular flexibility index (Phi) is 6.51. The van der Waals surface area contributed by atoms with Crippen molar-refractivity contribution >= 4 is 55.6 Å². The van der Waals surface area contributed by atoms with Crippen molar-refractivity contribution in [1.29, 1.82) is 0 Å². The molecule has 0 unspecified atom stereocenters. The Labute approximate surface area is 217 Å².